The smallest absolute Gasteiger partial charge is 0.230 e. The Bertz CT molecular complexity index is 812. The summed E-state index contributed by atoms with van der Waals surface area (Å²) in [5.74, 6) is 0.492. The lowest BCUT2D eigenvalue weighted by Crippen LogP contribution is -2.30. The van der Waals surface area contributed by atoms with E-state index in [1.54, 1.807) is 0 Å². The van der Waals surface area contributed by atoms with E-state index in [-0.39, 0.29) is 17.7 Å². The number of amides is 2. The van der Waals surface area contributed by atoms with Crippen LogP contribution in [0.5, 0.6) is 0 Å². The van der Waals surface area contributed by atoms with E-state index in [4.69, 9.17) is 0 Å². The number of benzene rings is 2. The minimum Gasteiger partial charge on any atom is -0.326 e. The van der Waals surface area contributed by atoms with Crippen molar-refractivity contribution in [3.63, 3.8) is 0 Å². The van der Waals surface area contributed by atoms with Gasteiger partial charge in [0.25, 0.3) is 0 Å². The maximum atomic E-state index is 12.4. The average Bonchev–Trinajstić information content (AvgIpc) is 3.42. The molecule has 26 heavy (non-hydrogen) atoms. The zero-order chi connectivity index (χ0) is 17.9. The largest absolute Gasteiger partial charge is 0.326 e. The number of aryl methyl sites for hydroxylation is 1. The lowest BCUT2D eigenvalue weighted by atomic mass is 10.1. The lowest BCUT2D eigenvalue weighted by molar-refractivity contribution is -0.119. The Labute approximate surface area is 154 Å². The van der Waals surface area contributed by atoms with Gasteiger partial charge in [0.2, 0.25) is 11.8 Å². The molecule has 4 nitrogen and oxygen atoms in total. The van der Waals surface area contributed by atoms with Crippen molar-refractivity contribution < 1.29 is 9.59 Å². The van der Waals surface area contributed by atoms with Crippen molar-refractivity contribution in [2.24, 2.45) is 5.92 Å². The first-order chi connectivity index (χ1) is 12.7. The van der Waals surface area contributed by atoms with Gasteiger partial charge in [-0.25, -0.2) is 0 Å². The Morgan fingerprint density at radius 2 is 1.88 bits per heavy atom. The van der Waals surface area contributed by atoms with Gasteiger partial charge in [-0.1, -0.05) is 36.4 Å². The van der Waals surface area contributed by atoms with Crippen LogP contribution in [0.2, 0.25) is 0 Å². The summed E-state index contributed by atoms with van der Waals surface area (Å²) >= 11 is 0. The SMILES string of the molecule is O=C(CCCc1ccccc1)Nc1ccc2c(c1)N(C(=O)C1CC1)CC2. The number of rotatable bonds is 6. The van der Waals surface area contributed by atoms with Crippen LogP contribution in [-0.4, -0.2) is 18.4 Å². The van der Waals surface area contributed by atoms with Crippen molar-refractivity contribution >= 4 is 23.2 Å². The van der Waals surface area contributed by atoms with Gasteiger partial charge in [0.15, 0.2) is 0 Å². The van der Waals surface area contributed by atoms with Crippen LogP contribution < -0.4 is 10.2 Å². The summed E-state index contributed by atoms with van der Waals surface area (Å²) in [6.45, 7) is 0.763. The van der Waals surface area contributed by atoms with Crippen molar-refractivity contribution in [3.8, 4) is 0 Å². The molecule has 2 aromatic rings. The predicted molar refractivity (Wildman–Crippen MR) is 103 cm³/mol. The fourth-order valence-corrected chi connectivity index (χ4v) is 3.56. The highest BCUT2D eigenvalue weighted by atomic mass is 16.2. The van der Waals surface area contributed by atoms with E-state index in [0.717, 1.165) is 50.0 Å². The lowest BCUT2D eigenvalue weighted by Gasteiger charge is -2.18. The molecule has 2 amide bonds. The van der Waals surface area contributed by atoms with Gasteiger partial charge in [-0.15, -0.1) is 0 Å². The van der Waals surface area contributed by atoms with Crippen LogP contribution in [-0.2, 0) is 22.4 Å². The van der Waals surface area contributed by atoms with Gasteiger partial charge in [-0.3, -0.25) is 9.59 Å². The molecule has 0 spiro atoms. The van der Waals surface area contributed by atoms with Gasteiger partial charge in [-0.05, 0) is 55.4 Å². The third-order valence-corrected chi connectivity index (χ3v) is 5.17. The van der Waals surface area contributed by atoms with Crippen LogP contribution in [0.15, 0.2) is 48.5 Å². The molecular weight excluding hydrogens is 324 g/mol. The second-order valence-electron chi connectivity index (χ2n) is 7.24. The zero-order valence-corrected chi connectivity index (χ0v) is 14.9. The first-order valence-corrected chi connectivity index (χ1v) is 9.49. The van der Waals surface area contributed by atoms with E-state index in [1.807, 2.05) is 41.3 Å². The molecule has 134 valence electrons. The summed E-state index contributed by atoms with van der Waals surface area (Å²) in [5.41, 5.74) is 4.21. The quantitative estimate of drug-likeness (QED) is 0.859. The molecule has 1 fully saturated rings. The number of carbonyl (C=O) groups excluding carboxylic acids is 2. The topological polar surface area (TPSA) is 49.4 Å². The van der Waals surface area contributed by atoms with Crippen molar-refractivity contribution in [2.75, 3.05) is 16.8 Å². The van der Waals surface area contributed by atoms with E-state index in [9.17, 15) is 9.59 Å². The van der Waals surface area contributed by atoms with Crippen LogP contribution in [0.3, 0.4) is 0 Å². The highest BCUT2D eigenvalue weighted by Gasteiger charge is 2.36. The minimum absolute atomic E-state index is 0.0268. The molecule has 2 aliphatic rings. The van der Waals surface area contributed by atoms with E-state index in [0.29, 0.717) is 6.42 Å². The number of nitrogens with one attached hydrogen (secondary N) is 1. The van der Waals surface area contributed by atoms with Gasteiger partial charge in [-0.2, -0.15) is 0 Å². The Hall–Kier alpha value is -2.62. The summed E-state index contributed by atoms with van der Waals surface area (Å²) in [6.07, 6.45) is 5.16. The Kier molecular flexibility index (Phi) is 4.74. The normalized spacial score (nSPS) is 15.6. The number of nitrogens with zero attached hydrogens (tertiary/aromatic N) is 1. The molecule has 0 unspecified atom stereocenters. The third-order valence-electron chi connectivity index (χ3n) is 5.17. The molecule has 0 aromatic heterocycles. The number of hydrogen-bond acceptors (Lipinski definition) is 2. The molecule has 1 aliphatic carbocycles. The first-order valence-electron chi connectivity index (χ1n) is 9.49. The van der Waals surface area contributed by atoms with Crippen LogP contribution in [0.1, 0.15) is 36.8 Å². The Morgan fingerprint density at radius 3 is 2.65 bits per heavy atom. The van der Waals surface area contributed by atoms with E-state index in [2.05, 4.69) is 17.4 Å². The highest BCUT2D eigenvalue weighted by molar-refractivity contribution is 5.99. The minimum atomic E-state index is 0.0268. The highest BCUT2D eigenvalue weighted by Crippen LogP contribution is 2.37. The standard InChI is InChI=1S/C22H24N2O2/c25-21(8-4-7-16-5-2-1-3-6-16)23-19-12-11-17-13-14-24(20(17)15-19)22(26)18-9-10-18/h1-3,5-6,11-12,15,18H,4,7-10,13-14H2,(H,23,25). The van der Waals surface area contributed by atoms with Crippen LogP contribution in [0.25, 0.3) is 0 Å². The summed E-state index contributed by atoms with van der Waals surface area (Å²) in [4.78, 5) is 26.6. The van der Waals surface area contributed by atoms with Gasteiger partial charge in [0.1, 0.15) is 0 Å². The summed E-state index contributed by atoms with van der Waals surface area (Å²) in [5, 5.41) is 2.99. The molecule has 1 heterocycles. The van der Waals surface area contributed by atoms with Crippen molar-refractivity contribution in [3.05, 3.63) is 59.7 Å². The monoisotopic (exact) mass is 348 g/mol. The Balaban J connectivity index is 1.34. The van der Waals surface area contributed by atoms with E-state index < -0.39 is 0 Å². The summed E-state index contributed by atoms with van der Waals surface area (Å²) in [7, 11) is 0. The van der Waals surface area contributed by atoms with Gasteiger partial charge < -0.3 is 10.2 Å². The molecule has 1 saturated carbocycles. The number of anilines is 2. The molecule has 1 aliphatic heterocycles. The van der Waals surface area contributed by atoms with Crippen molar-refractivity contribution in [2.45, 2.75) is 38.5 Å². The number of fused-ring (bicyclic) bond motifs is 1. The Morgan fingerprint density at radius 1 is 1.08 bits per heavy atom. The molecule has 2 aromatic carbocycles. The molecule has 4 rings (SSSR count). The molecule has 0 atom stereocenters. The summed E-state index contributed by atoms with van der Waals surface area (Å²) < 4.78 is 0. The number of hydrogen-bond donors (Lipinski definition) is 1. The molecule has 0 bridgehead atoms. The molecular formula is C22H24N2O2. The van der Waals surface area contributed by atoms with E-state index in [1.165, 1.54) is 11.1 Å². The zero-order valence-electron chi connectivity index (χ0n) is 14.9. The maximum Gasteiger partial charge on any atom is 0.230 e. The molecule has 0 radical (unpaired) electrons. The van der Waals surface area contributed by atoms with Gasteiger partial charge >= 0.3 is 0 Å². The van der Waals surface area contributed by atoms with Crippen molar-refractivity contribution in [1.29, 1.82) is 0 Å². The second-order valence-corrected chi connectivity index (χ2v) is 7.24. The fourth-order valence-electron chi connectivity index (χ4n) is 3.56. The molecule has 0 saturated heterocycles. The first kappa shape index (κ1) is 16.8. The van der Waals surface area contributed by atoms with Gasteiger partial charge in [0.05, 0.1) is 0 Å². The van der Waals surface area contributed by atoms with Gasteiger partial charge in [0, 0.05) is 30.3 Å². The van der Waals surface area contributed by atoms with Crippen LogP contribution in [0.4, 0.5) is 11.4 Å². The van der Waals surface area contributed by atoms with Crippen LogP contribution >= 0.6 is 0 Å². The fraction of sp³-hybridized carbons (Fsp3) is 0.364. The predicted octanol–water partition coefficient (Wildman–Crippen LogP) is 3.95. The molecule has 1 N–H and O–H groups in total. The number of carbonyl (C=O) groups is 2. The van der Waals surface area contributed by atoms with Crippen LogP contribution in [0, 0.1) is 5.92 Å². The second kappa shape index (κ2) is 7.32. The third kappa shape index (κ3) is 3.79. The maximum absolute atomic E-state index is 12.4. The summed E-state index contributed by atoms with van der Waals surface area (Å²) in [6, 6.07) is 16.2. The van der Waals surface area contributed by atoms with E-state index >= 15 is 0 Å². The molecule has 4 heteroatoms. The van der Waals surface area contributed by atoms with Crippen molar-refractivity contribution in [1.82, 2.24) is 0 Å². The average molecular weight is 348 g/mol.